The minimum absolute atomic E-state index is 0.117. The van der Waals surface area contributed by atoms with Gasteiger partial charge < -0.3 is 31.1 Å². The summed E-state index contributed by atoms with van der Waals surface area (Å²) in [6.45, 7) is 0. The zero-order valence-corrected chi connectivity index (χ0v) is 17.6. The van der Waals surface area contributed by atoms with Gasteiger partial charge in [0.1, 0.15) is 23.2 Å². The number of benzene rings is 3. The molecule has 172 valence electrons. The number of carboxylic acid groups (broad SMARTS) is 2. The monoisotopic (exact) mass is 460 g/mol. The molecule has 0 spiro atoms. The second-order valence-electron chi connectivity index (χ2n) is 7.70. The number of carboxylic acids is 2. The zero-order chi connectivity index (χ0) is 24.6. The summed E-state index contributed by atoms with van der Waals surface area (Å²) in [4.78, 5) is 30.7. The second-order valence-corrected chi connectivity index (χ2v) is 7.70. The van der Waals surface area contributed by atoms with E-state index in [4.69, 9.17) is 11.1 Å². The van der Waals surface area contributed by atoms with Crippen LogP contribution in [0.25, 0.3) is 33.5 Å². The zero-order valence-electron chi connectivity index (χ0n) is 17.6. The summed E-state index contributed by atoms with van der Waals surface area (Å²) < 4.78 is 0. The Hall–Kier alpha value is -4.86. The molecule has 1 aromatic heterocycles. The van der Waals surface area contributed by atoms with E-state index in [0.717, 1.165) is 0 Å². The van der Waals surface area contributed by atoms with E-state index < -0.39 is 24.3 Å². The Balaban J connectivity index is 1.98. The highest BCUT2D eigenvalue weighted by Gasteiger charge is 2.27. The van der Waals surface area contributed by atoms with Crippen LogP contribution < -0.4 is 5.73 Å². The van der Waals surface area contributed by atoms with Gasteiger partial charge in [-0.2, -0.15) is 0 Å². The van der Waals surface area contributed by atoms with Crippen molar-refractivity contribution in [1.29, 1.82) is 5.41 Å². The second kappa shape index (κ2) is 8.58. The van der Waals surface area contributed by atoms with Crippen LogP contribution in [0.3, 0.4) is 0 Å². The van der Waals surface area contributed by atoms with Gasteiger partial charge in [-0.25, -0.2) is 4.98 Å². The maximum atomic E-state index is 11.9. The summed E-state index contributed by atoms with van der Waals surface area (Å²) in [7, 11) is 0. The molecule has 0 amide bonds. The van der Waals surface area contributed by atoms with E-state index in [0.29, 0.717) is 16.6 Å². The minimum Gasteiger partial charge on any atom is -0.507 e. The number of amidine groups is 1. The number of rotatable bonds is 7. The molecule has 0 radical (unpaired) electrons. The Kier molecular flexibility index (Phi) is 5.64. The summed E-state index contributed by atoms with van der Waals surface area (Å²) in [6, 6.07) is 13.8. The molecule has 34 heavy (non-hydrogen) atoms. The number of aromatic nitrogens is 2. The van der Waals surface area contributed by atoms with Gasteiger partial charge in [0.25, 0.3) is 0 Å². The van der Waals surface area contributed by atoms with Crippen molar-refractivity contribution in [2.24, 2.45) is 5.73 Å². The molecular formula is C24H20N4O6. The maximum absolute atomic E-state index is 11.9. The third-order valence-electron chi connectivity index (χ3n) is 5.45. The number of hydrogen-bond acceptors (Lipinski definition) is 6. The summed E-state index contributed by atoms with van der Waals surface area (Å²) in [5, 5.41) is 48.0. The van der Waals surface area contributed by atoms with Gasteiger partial charge in [0, 0.05) is 16.7 Å². The number of nitrogens with two attached hydrogens (primary N) is 1. The van der Waals surface area contributed by atoms with E-state index >= 15 is 0 Å². The molecule has 0 aliphatic heterocycles. The standard InChI is InChI=1S/C24H20N4O6/c25-22(26)11-5-6-17-18(9-11)28-23(27-17)16-8-12(14(24(33)34)10-20(30)31)7-15(21(16)32)13-3-1-2-4-19(13)29/h1-9,14,29,32H,10H2,(H3,25,26)(H,27,28)(H,30,31)(H,33,34). The minimum atomic E-state index is -1.41. The van der Waals surface area contributed by atoms with Crippen LogP contribution in [0.1, 0.15) is 23.5 Å². The number of nitrogen functional groups attached to an aromatic ring is 1. The number of carbonyl (C=O) groups is 2. The summed E-state index contributed by atoms with van der Waals surface area (Å²) in [5.41, 5.74) is 7.61. The van der Waals surface area contributed by atoms with Crippen LogP contribution in [0.2, 0.25) is 0 Å². The number of H-pyrrole nitrogens is 1. The Morgan fingerprint density at radius 3 is 2.35 bits per heavy atom. The third-order valence-corrected chi connectivity index (χ3v) is 5.45. The van der Waals surface area contributed by atoms with Crippen molar-refractivity contribution in [3.05, 3.63) is 65.7 Å². The van der Waals surface area contributed by atoms with Gasteiger partial charge in [0.15, 0.2) is 0 Å². The van der Waals surface area contributed by atoms with E-state index in [-0.39, 0.29) is 45.4 Å². The van der Waals surface area contributed by atoms with Crippen molar-refractivity contribution in [2.75, 3.05) is 0 Å². The van der Waals surface area contributed by atoms with Gasteiger partial charge in [0.2, 0.25) is 0 Å². The molecule has 0 aliphatic rings. The first-order valence-corrected chi connectivity index (χ1v) is 10.1. The van der Waals surface area contributed by atoms with Crippen LogP contribution in [0.15, 0.2) is 54.6 Å². The van der Waals surface area contributed by atoms with Gasteiger partial charge in [-0.3, -0.25) is 15.0 Å². The number of nitrogens with one attached hydrogen (secondary N) is 2. The van der Waals surface area contributed by atoms with Crippen molar-refractivity contribution < 1.29 is 30.0 Å². The lowest BCUT2D eigenvalue weighted by atomic mass is 9.89. The molecule has 0 bridgehead atoms. The predicted octanol–water partition coefficient (Wildman–Crippen LogP) is 3.24. The first-order chi connectivity index (χ1) is 16.2. The summed E-state index contributed by atoms with van der Waals surface area (Å²) in [6.07, 6.45) is -0.679. The van der Waals surface area contributed by atoms with E-state index in [1.807, 2.05) is 0 Å². The molecule has 0 saturated heterocycles. The largest absolute Gasteiger partial charge is 0.507 e. The fraction of sp³-hybridized carbons (Fsp3) is 0.0833. The fourth-order valence-electron chi connectivity index (χ4n) is 3.77. The fourth-order valence-corrected chi connectivity index (χ4v) is 3.77. The van der Waals surface area contributed by atoms with Crippen LogP contribution in [0.5, 0.6) is 11.5 Å². The number of aliphatic carboxylic acids is 2. The van der Waals surface area contributed by atoms with Crippen molar-refractivity contribution >= 4 is 28.8 Å². The van der Waals surface area contributed by atoms with Gasteiger partial charge >= 0.3 is 11.9 Å². The smallest absolute Gasteiger partial charge is 0.311 e. The first kappa shape index (κ1) is 22.3. The number of phenolic OH excluding ortho intramolecular Hbond substituents is 2. The molecular weight excluding hydrogens is 440 g/mol. The summed E-state index contributed by atoms with van der Waals surface area (Å²) >= 11 is 0. The average Bonchev–Trinajstić information content (AvgIpc) is 3.21. The molecule has 1 unspecified atom stereocenters. The number of para-hydroxylation sites is 1. The van der Waals surface area contributed by atoms with Gasteiger partial charge in [-0.1, -0.05) is 18.2 Å². The van der Waals surface area contributed by atoms with E-state index in [9.17, 15) is 30.0 Å². The van der Waals surface area contributed by atoms with Crippen LogP contribution in [0.4, 0.5) is 0 Å². The lowest BCUT2D eigenvalue weighted by Gasteiger charge is -2.17. The molecule has 0 saturated carbocycles. The lowest BCUT2D eigenvalue weighted by Crippen LogP contribution is -2.16. The third kappa shape index (κ3) is 4.11. The Bertz CT molecular complexity index is 1460. The number of aromatic hydroxyl groups is 2. The SMILES string of the molecule is N=C(N)c1ccc2[nH]c(-c3cc(C(CC(=O)O)C(=O)O)cc(-c4ccccc4O)c3O)nc2c1. The van der Waals surface area contributed by atoms with Crippen molar-refractivity contribution in [3.8, 4) is 34.0 Å². The van der Waals surface area contributed by atoms with Crippen molar-refractivity contribution in [1.82, 2.24) is 9.97 Å². The number of fused-ring (bicyclic) bond motifs is 1. The van der Waals surface area contributed by atoms with Crippen molar-refractivity contribution in [2.45, 2.75) is 12.3 Å². The van der Waals surface area contributed by atoms with Crippen LogP contribution in [0, 0.1) is 5.41 Å². The predicted molar refractivity (Wildman–Crippen MR) is 124 cm³/mol. The van der Waals surface area contributed by atoms with Gasteiger partial charge in [-0.05, 0) is 42.0 Å². The molecule has 0 aliphatic carbocycles. The average molecular weight is 460 g/mol. The lowest BCUT2D eigenvalue weighted by molar-refractivity contribution is -0.145. The highest BCUT2D eigenvalue weighted by atomic mass is 16.4. The number of phenols is 2. The van der Waals surface area contributed by atoms with Crippen molar-refractivity contribution in [3.63, 3.8) is 0 Å². The Morgan fingerprint density at radius 1 is 1.00 bits per heavy atom. The quantitative estimate of drug-likeness (QED) is 0.161. The van der Waals surface area contributed by atoms with Crippen LogP contribution >= 0.6 is 0 Å². The van der Waals surface area contributed by atoms with Crippen LogP contribution in [-0.4, -0.2) is 48.2 Å². The normalized spacial score (nSPS) is 11.9. The molecule has 0 fully saturated rings. The molecule has 4 rings (SSSR count). The summed E-state index contributed by atoms with van der Waals surface area (Å²) in [5.74, 6) is -4.45. The number of hydrogen-bond donors (Lipinski definition) is 7. The molecule has 1 atom stereocenters. The van der Waals surface area contributed by atoms with Gasteiger partial charge in [0.05, 0.1) is 28.9 Å². The first-order valence-electron chi connectivity index (χ1n) is 10.1. The molecule has 10 heteroatoms. The van der Waals surface area contributed by atoms with Crippen LogP contribution in [-0.2, 0) is 9.59 Å². The van der Waals surface area contributed by atoms with E-state index in [2.05, 4.69) is 9.97 Å². The Morgan fingerprint density at radius 2 is 1.71 bits per heavy atom. The molecule has 8 N–H and O–H groups in total. The highest BCUT2D eigenvalue weighted by molar-refractivity contribution is 5.98. The highest BCUT2D eigenvalue weighted by Crippen LogP contribution is 2.43. The Labute approximate surface area is 192 Å². The topological polar surface area (TPSA) is 194 Å². The molecule has 10 nitrogen and oxygen atoms in total. The number of nitrogens with zero attached hydrogens (tertiary/aromatic N) is 1. The van der Waals surface area contributed by atoms with E-state index in [1.165, 1.54) is 18.2 Å². The molecule has 1 heterocycles. The molecule has 3 aromatic carbocycles. The molecule has 4 aromatic rings. The van der Waals surface area contributed by atoms with E-state index in [1.54, 1.807) is 36.4 Å². The number of imidazole rings is 1. The maximum Gasteiger partial charge on any atom is 0.311 e. The van der Waals surface area contributed by atoms with Gasteiger partial charge in [-0.15, -0.1) is 0 Å². The number of aromatic amines is 1.